The third kappa shape index (κ3) is 2.01. The molecule has 0 aliphatic rings. The monoisotopic (exact) mass is 285 g/mol. The van der Waals surface area contributed by atoms with Gasteiger partial charge in [0, 0.05) is 21.3 Å². The number of nitrogens with two attached hydrogens (primary N) is 1. The van der Waals surface area contributed by atoms with E-state index in [4.69, 9.17) is 17.3 Å². The van der Waals surface area contributed by atoms with Crippen LogP contribution >= 0.6 is 27.5 Å². The molecular formula is C10H9BrClN3. The molecule has 2 aromatic rings. The molecule has 1 heterocycles. The second-order valence-electron chi connectivity index (χ2n) is 3.24. The first-order valence-electron chi connectivity index (χ1n) is 4.35. The minimum atomic E-state index is 0.539. The Morgan fingerprint density at radius 2 is 2.20 bits per heavy atom. The summed E-state index contributed by atoms with van der Waals surface area (Å²) in [7, 11) is 0. The maximum absolute atomic E-state index is 5.86. The summed E-state index contributed by atoms with van der Waals surface area (Å²) >= 11 is 9.29. The fourth-order valence-electron chi connectivity index (χ4n) is 1.26. The SMILES string of the molecule is Cc1cn(-c2ccc(Cl)cc2Br)nc1N. The van der Waals surface area contributed by atoms with Crippen LogP contribution in [0.1, 0.15) is 5.56 Å². The second kappa shape index (κ2) is 3.87. The molecule has 0 saturated heterocycles. The van der Waals surface area contributed by atoms with E-state index in [1.807, 2.05) is 31.3 Å². The summed E-state index contributed by atoms with van der Waals surface area (Å²) in [5.41, 5.74) is 7.56. The van der Waals surface area contributed by atoms with Crippen molar-refractivity contribution in [1.82, 2.24) is 9.78 Å². The normalized spacial score (nSPS) is 10.6. The molecule has 0 aliphatic heterocycles. The Morgan fingerprint density at radius 3 is 2.73 bits per heavy atom. The number of benzene rings is 1. The van der Waals surface area contributed by atoms with Gasteiger partial charge in [0.2, 0.25) is 0 Å². The Balaban J connectivity index is 2.54. The molecule has 1 aromatic heterocycles. The summed E-state index contributed by atoms with van der Waals surface area (Å²) in [6, 6.07) is 5.53. The van der Waals surface area contributed by atoms with Crippen molar-refractivity contribution < 1.29 is 0 Å². The lowest BCUT2D eigenvalue weighted by Crippen LogP contribution is -1.97. The lowest BCUT2D eigenvalue weighted by atomic mass is 10.3. The molecule has 2 N–H and O–H groups in total. The van der Waals surface area contributed by atoms with E-state index in [0.29, 0.717) is 10.8 Å². The summed E-state index contributed by atoms with van der Waals surface area (Å²) in [6.45, 7) is 1.92. The van der Waals surface area contributed by atoms with E-state index >= 15 is 0 Å². The molecule has 78 valence electrons. The van der Waals surface area contributed by atoms with Crippen LogP contribution in [0.25, 0.3) is 5.69 Å². The van der Waals surface area contributed by atoms with Crippen LogP contribution in [0.2, 0.25) is 5.02 Å². The topological polar surface area (TPSA) is 43.8 Å². The first-order valence-corrected chi connectivity index (χ1v) is 5.52. The average Bonchev–Trinajstić information content (AvgIpc) is 2.46. The van der Waals surface area contributed by atoms with Crippen molar-refractivity contribution in [3.8, 4) is 5.69 Å². The van der Waals surface area contributed by atoms with Gasteiger partial charge in [0.15, 0.2) is 0 Å². The highest BCUT2D eigenvalue weighted by Gasteiger charge is 2.06. The number of halogens is 2. The number of nitrogens with zero attached hydrogens (tertiary/aromatic N) is 2. The summed E-state index contributed by atoms with van der Waals surface area (Å²) in [5.74, 6) is 0.539. The Bertz CT molecular complexity index is 488. The van der Waals surface area contributed by atoms with Gasteiger partial charge in [-0.3, -0.25) is 0 Å². The summed E-state index contributed by atoms with van der Waals surface area (Å²) in [4.78, 5) is 0. The number of hydrogen-bond donors (Lipinski definition) is 1. The van der Waals surface area contributed by atoms with Gasteiger partial charge in [0.25, 0.3) is 0 Å². The van der Waals surface area contributed by atoms with E-state index in [2.05, 4.69) is 21.0 Å². The molecule has 0 atom stereocenters. The molecule has 15 heavy (non-hydrogen) atoms. The largest absolute Gasteiger partial charge is 0.382 e. The van der Waals surface area contributed by atoms with Crippen molar-refractivity contribution in [1.29, 1.82) is 0 Å². The molecule has 0 saturated carbocycles. The fraction of sp³-hybridized carbons (Fsp3) is 0.100. The quantitative estimate of drug-likeness (QED) is 0.875. The van der Waals surface area contributed by atoms with Gasteiger partial charge in [-0.2, -0.15) is 5.10 Å². The molecule has 0 bridgehead atoms. The summed E-state index contributed by atoms with van der Waals surface area (Å²) in [5, 5.41) is 4.88. The second-order valence-corrected chi connectivity index (χ2v) is 4.53. The zero-order valence-corrected chi connectivity index (χ0v) is 10.4. The van der Waals surface area contributed by atoms with Gasteiger partial charge >= 0.3 is 0 Å². The predicted molar refractivity (Wildman–Crippen MR) is 65.4 cm³/mol. The molecular weight excluding hydrogens is 277 g/mol. The van der Waals surface area contributed by atoms with Gasteiger partial charge in [-0.05, 0) is 41.1 Å². The number of aromatic nitrogens is 2. The molecule has 0 aliphatic carbocycles. The third-order valence-electron chi connectivity index (χ3n) is 2.09. The van der Waals surface area contributed by atoms with Crippen LogP contribution in [-0.2, 0) is 0 Å². The van der Waals surface area contributed by atoms with Crippen LogP contribution in [0.4, 0.5) is 5.82 Å². The van der Waals surface area contributed by atoms with Crippen LogP contribution in [0.15, 0.2) is 28.9 Å². The van der Waals surface area contributed by atoms with Crippen molar-refractivity contribution >= 4 is 33.3 Å². The Morgan fingerprint density at radius 1 is 1.47 bits per heavy atom. The molecule has 0 spiro atoms. The van der Waals surface area contributed by atoms with Crippen molar-refractivity contribution in [2.75, 3.05) is 5.73 Å². The Labute approximate surface area is 101 Å². The summed E-state index contributed by atoms with van der Waals surface area (Å²) < 4.78 is 2.61. The van der Waals surface area contributed by atoms with Crippen LogP contribution < -0.4 is 5.73 Å². The molecule has 0 unspecified atom stereocenters. The van der Waals surface area contributed by atoms with E-state index in [-0.39, 0.29) is 0 Å². The average molecular weight is 287 g/mol. The lowest BCUT2D eigenvalue weighted by Gasteiger charge is -2.04. The van der Waals surface area contributed by atoms with Crippen molar-refractivity contribution in [3.63, 3.8) is 0 Å². The van der Waals surface area contributed by atoms with Crippen LogP contribution in [0.5, 0.6) is 0 Å². The first-order chi connectivity index (χ1) is 7.08. The number of anilines is 1. The fourth-order valence-corrected chi connectivity index (χ4v) is 2.13. The van der Waals surface area contributed by atoms with E-state index in [0.717, 1.165) is 15.7 Å². The molecule has 3 nitrogen and oxygen atoms in total. The van der Waals surface area contributed by atoms with Gasteiger partial charge < -0.3 is 5.73 Å². The standard InChI is InChI=1S/C10H9BrClN3/c1-6-5-15(14-10(6)13)9-3-2-7(12)4-8(9)11/h2-5H,1H3,(H2,13,14). The highest BCUT2D eigenvalue weighted by molar-refractivity contribution is 9.10. The minimum Gasteiger partial charge on any atom is -0.382 e. The van der Waals surface area contributed by atoms with E-state index in [9.17, 15) is 0 Å². The van der Waals surface area contributed by atoms with Gasteiger partial charge in [-0.15, -0.1) is 0 Å². The predicted octanol–water partition coefficient (Wildman–Crippen LogP) is 3.18. The minimum absolute atomic E-state index is 0.539. The molecule has 0 amide bonds. The number of nitrogen functional groups attached to an aromatic ring is 1. The van der Waals surface area contributed by atoms with Crippen LogP contribution in [0.3, 0.4) is 0 Å². The Hall–Kier alpha value is -1.00. The van der Waals surface area contributed by atoms with E-state index in [1.54, 1.807) is 4.68 Å². The highest BCUT2D eigenvalue weighted by atomic mass is 79.9. The molecule has 0 radical (unpaired) electrons. The number of rotatable bonds is 1. The maximum atomic E-state index is 5.86. The maximum Gasteiger partial charge on any atom is 0.148 e. The summed E-state index contributed by atoms with van der Waals surface area (Å²) in [6.07, 6.45) is 1.88. The van der Waals surface area contributed by atoms with E-state index in [1.165, 1.54) is 0 Å². The zero-order chi connectivity index (χ0) is 11.0. The van der Waals surface area contributed by atoms with Crippen molar-refractivity contribution in [2.24, 2.45) is 0 Å². The van der Waals surface area contributed by atoms with Crippen LogP contribution in [0, 0.1) is 6.92 Å². The highest BCUT2D eigenvalue weighted by Crippen LogP contribution is 2.25. The number of hydrogen-bond acceptors (Lipinski definition) is 2. The smallest absolute Gasteiger partial charge is 0.148 e. The zero-order valence-electron chi connectivity index (χ0n) is 8.04. The van der Waals surface area contributed by atoms with Gasteiger partial charge in [0.1, 0.15) is 5.82 Å². The molecule has 5 heteroatoms. The van der Waals surface area contributed by atoms with Crippen LogP contribution in [-0.4, -0.2) is 9.78 Å². The van der Waals surface area contributed by atoms with Gasteiger partial charge in [-0.25, -0.2) is 4.68 Å². The molecule has 0 fully saturated rings. The third-order valence-corrected chi connectivity index (χ3v) is 2.96. The Kier molecular flexibility index (Phi) is 2.71. The lowest BCUT2D eigenvalue weighted by molar-refractivity contribution is 0.881. The van der Waals surface area contributed by atoms with Crippen molar-refractivity contribution in [2.45, 2.75) is 6.92 Å². The molecule has 1 aromatic carbocycles. The van der Waals surface area contributed by atoms with E-state index < -0.39 is 0 Å². The van der Waals surface area contributed by atoms with Gasteiger partial charge in [-0.1, -0.05) is 11.6 Å². The first kappa shape index (κ1) is 10.5. The van der Waals surface area contributed by atoms with Gasteiger partial charge in [0.05, 0.1) is 5.69 Å². The number of aryl methyl sites for hydroxylation is 1. The van der Waals surface area contributed by atoms with Crippen molar-refractivity contribution in [3.05, 3.63) is 39.5 Å². The molecule has 2 rings (SSSR count).